The molecule has 1 amide bonds. The Morgan fingerprint density at radius 2 is 2.07 bits per heavy atom. The molecule has 1 aliphatic heterocycles. The van der Waals surface area contributed by atoms with Crippen LogP contribution in [-0.4, -0.2) is 29.7 Å². The molecular weight excluding hydrogens is 469 g/mol. The van der Waals surface area contributed by atoms with Crippen LogP contribution in [0.5, 0.6) is 0 Å². The molecular formula is C20H18BrF3N2O2S. The standard InChI is InChI=1S/C20H18BrF3N2O2S/c21-15-11-29-17-8-16(19(27)25-9-14-2-1-7-28-14)26(18(15)17)10-12-3-5-13(6-4-12)20(22,23)24/h3-6,8,11,14H,1-2,7,9-10H2,(H,25,27). The van der Waals surface area contributed by atoms with E-state index < -0.39 is 11.7 Å². The second-order valence-corrected chi connectivity index (χ2v) is 8.72. The first-order valence-corrected chi connectivity index (χ1v) is 10.8. The number of thiophene rings is 1. The average molecular weight is 487 g/mol. The first-order valence-electron chi connectivity index (χ1n) is 9.15. The van der Waals surface area contributed by atoms with Gasteiger partial charge in [-0.05, 0) is 52.5 Å². The third-order valence-electron chi connectivity index (χ3n) is 4.95. The normalized spacial score (nSPS) is 17.2. The molecule has 9 heteroatoms. The van der Waals surface area contributed by atoms with Crippen LogP contribution in [0.2, 0.25) is 0 Å². The quantitative estimate of drug-likeness (QED) is 0.521. The second-order valence-electron chi connectivity index (χ2n) is 6.95. The van der Waals surface area contributed by atoms with Gasteiger partial charge in [0.05, 0.1) is 26.4 Å². The molecule has 1 atom stereocenters. The smallest absolute Gasteiger partial charge is 0.376 e. The maximum absolute atomic E-state index is 12.8. The number of aromatic nitrogens is 1. The summed E-state index contributed by atoms with van der Waals surface area (Å²) in [6.45, 7) is 1.45. The van der Waals surface area contributed by atoms with Gasteiger partial charge in [0, 0.05) is 25.1 Å². The summed E-state index contributed by atoms with van der Waals surface area (Å²) < 4.78 is 47.6. The van der Waals surface area contributed by atoms with E-state index in [1.807, 2.05) is 16.0 Å². The molecule has 3 heterocycles. The predicted molar refractivity (Wildman–Crippen MR) is 109 cm³/mol. The molecule has 1 unspecified atom stereocenters. The van der Waals surface area contributed by atoms with Crippen molar-refractivity contribution in [3.8, 4) is 0 Å². The summed E-state index contributed by atoms with van der Waals surface area (Å²) in [6.07, 6.45) is -2.42. The number of rotatable bonds is 5. The van der Waals surface area contributed by atoms with Crippen LogP contribution >= 0.6 is 27.3 Å². The van der Waals surface area contributed by atoms with Gasteiger partial charge in [-0.1, -0.05) is 12.1 Å². The van der Waals surface area contributed by atoms with Gasteiger partial charge in [-0.2, -0.15) is 13.2 Å². The van der Waals surface area contributed by atoms with Crippen molar-refractivity contribution in [3.63, 3.8) is 0 Å². The highest BCUT2D eigenvalue weighted by Crippen LogP contribution is 2.34. The van der Waals surface area contributed by atoms with E-state index in [-0.39, 0.29) is 12.0 Å². The number of halogens is 4. The molecule has 1 aliphatic rings. The Morgan fingerprint density at radius 3 is 2.72 bits per heavy atom. The number of hydrogen-bond acceptors (Lipinski definition) is 3. The Hall–Kier alpha value is -1.84. The summed E-state index contributed by atoms with van der Waals surface area (Å²) in [4.78, 5) is 12.8. The summed E-state index contributed by atoms with van der Waals surface area (Å²) in [5, 5.41) is 4.85. The van der Waals surface area contributed by atoms with Crippen molar-refractivity contribution in [3.05, 3.63) is 57.0 Å². The number of carbonyl (C=O) groups excluding carboxylic acids is 1. The number of benzene rings is 1. The van der Waals surface area contributed by atoms with Gasteiger partial charge in [-0.3, -0.25) is 4.79 Å². The highest BCUT2D eigenvalue weighted by molar-refractivity contribution is 9.10. The van der Waals surface area contributed by atoms with E-state index >= 15 is 0 Å². The van der Waals surface area contributed by atoms with Crippen LogP contribution in [0.15, 0.2) is 40.2 Å². The number of carbonyl (C=O) groups is 1. The summed E-state index contributed by atoms with van der Waals surface area (Å²) in [6, 6.07) is 6.84. The summed E-state index contributed by atoms with van der Waals surface area (Å²) in [5.74, 6) is -0.220. The van der Waals surface area contributed by atoms with Gasteiger partial charge in [0.2, 0.25) is 0 Å². The fraction of sp³-hybridized carbons (Fsp3) is 0.350. The van der Waals surface area contributed by atoms with Crippen LogP contribution in [0.4, 0.5) is 13.2 Å². The zero-order valence-electron chi connectivity index (χ0n) is 15.3. The Bertz CT molecular complexity index is 1020. The van der Waals surface area contributed by atoms with Gasteiger partial charge in [-0.15, -0.1) is 11.3 Å². The molecule has 1 N–H and O–H groups in total. The van der Waals surface area contributed by atoms with Crippen molar-refractivity contribution >= 4 is 43.4 Å². The first-order chi connectivity index (χ1) is 13.8. The highest BCUT2D eigenvalue weighted by Gasteiger charge is 2.30. The molecule has 154 valence electrons. The van der Waals surface area contributed by atoms with E-state index in [9.17, 15) is 18.0 Å². The number of alkyl halides is 3. The highest BCUT2D eigenvalue weighted by atomic mass is 79.9. The fourth-order valence-corrected chi connectivity index (χ4v) is 5.16. The fourth-order valence-electron chi connectivity index (χ4n) is 3.47. The number of nitrogens with one attached hydrogen (secondary N) is 1. The van der Waals surface area contributed by atoms with Gasteiger partial charge in [0.25, 0.3) is 5.91 Å². The number of nitrogens with zero attached hydrogens (tertiary/aromatic N) is 1. The lowest BCUT2D eigenvalue weighted by Gasteiger charge is -2.14. The molecule has 0 radical (unpaired) electrons. The monoisotopic (exact) mass is 486 g/mol. The number of amides is 1. The van der Waals surface area contributed by atoms with Crippen molar-refractivity contribution in [2.24, 2.45) is 0 Å². The SMILES string of the molecule is O=C(NCC1CCCO1)c1cc2scc(Br)c2n1Cc1ccc(C(F)(F)F)cc1. The van der Waals surface area contributed by atoms with Crippen molar-refractivity contribution in [2.45, 2.75) is 31.7 Å². The molecule has 0 aliphatic carbocycles. The van der Waals surface area contributed by atoms with Crippen LogP contribution in [-0.2, 0) is 17.5 Å². The van der Waals surface area contributed by atoms with Crippen LogP contribution in [0, 0.1) is 0 Å². The zero-order valence-corrected chi connectivity index (χ0v) is 17.7. The maximum Gasteiger partial charge on any atom is 0.416 e. The lowest BCUT2D eigenvalue weighted by atomic mass is 10.1. The molecule has 1 fully saturated rings. The van der Waals surface area contributed by atoms with Crippen molar-refractivity contribution in [2.75, 3.05) is 13.2 Å². The molecule has 4 rings (SSSR count). The van der Waals surface area contributed by atoms with E-state index in [1.165, 1.54) is 23.5 Å². The predicted octanol–water partition coefficient (Wildman–Crippen LogP) is 5.44. The van der Waals surface area contributed by atoms with Crippen LogP contribution < -0.4 is 5.32 Å². The lowest BCUT2D eigenvalue weighted by Crippen LogP contribution is -2.33. The molecule has 4 nitrogen and oxygen atoms in total. The third-order valence-corrected chi connectivity index (χ3v) is 6.77. The molecule has 0 bridgehead atoms. The Morgan fingerprint density at radius 1 is 1.31 bits per heavy atom. The Kier molecular flexibility index (Phi) is 5.72. The maximum atomic E-state index is 12.8. The minimum atomic E-state index is -4.37. The zero-order chi connectivity index (χ0) is 20.6. The largest absolute Gasteiger partial charge is 0.416 e. The van der Waals surface area contributed by atoms with E-state index in [0.717, 1.165) is 39.7 Å². The van der Waals surface area contributed by atoms with Gasteiger partial charge >= 0.3 is 6.18 Å². The topological polar surface area (TPSA) is 43.3 Å². The number of fused-ring (bicyclic) bond motifs is 1. The molecule has 29 heavy (non-hydrogen) atoms. The van der Waals surface area contributed by atoms with Crippen molar-refractivity contribution in [1.29, 1.82) is 0 Å². The summed E-state index contributed by atoms with van der Waals surface area (Å²) in [5.41, 5.74) is 1.33. The van der Waals surface area contributed by atoms with E-state index in [1.54, 1.807) is 0 Å². The molecule has 2 aromatic heterocycles. The third kappa shape index (κ3) is 4.36. The van der Waals surface area contributed by atoms with E-state index in [2.05, 4.69) is 21.2 Å². The second kappa shape index (κ2) is 8.12. The number of hydrogen-bond donors (Lipinski definition) is 1. The van der Waals surface area contributed by atoms with E-state index in [0.29, 0.717) is 31.0 Å². The van der Waals surface area contributed by atoms with Gasteiger partial charge < -0.3 is 14.6 Å². The Balaban J connectivity index is 1.60. The van der Waals surface area contributed by atoms with Crippen LogP contribution in [0.25, 0.3) is 10.2 Å². The van der Waals surface area contributed by atoms with Crippen molar-refractivity contribution in [1.82, 2.24) is 9.88 Å². The number of ether oxygens (including phenoxy) is 1. The molecule has 0 saturated carbocycles. The lowest BCUT2D eigenvalue weighted by molar-refractivity contribution is -0.137. The van der Waals surface area contributed by atoms with Gasteiger partial charge in [-0.25, -0.2) is 0 Å². The molecule has 0 spiro atoms. The van der Waals surface area contributed by atoms with Crippen molar-refractivity contribution < 1.29 is 22.7 Å². The molecule has 1 aromatic carbocycles. The first kappa shape index (κ1) is 20.4. The van der Waals surface area contributed by atoms with Crippen LogP contribution in [0.3, 0.4) is 0 Å². The van der Waals surface area contributed by atoms with E-state index in [4.69, 9.17) is 4.74 Å². The van der Waals surface area contributed by atoms with Crippen LogP contribution in [0.1, 0.15) is 34.5 Å². The average Bonchev–Trinajstić information content (AvgIpc) is 3.39. The van der Waals surface area contributed by atoms with Gasteiger partial charge in [0.1, 0.15) is 5.69 Å². The van der Waals surface area contributed by atoms with Gasteiger partial charge in [0.15, 0.2) is 0 Å². The molecule has 3 aromatic rings. The molecule has 1 saturated heterocycles. The Labute approximate surface area is 177 Å². The minimum absolute atomic E-state index is 0.0325. The minimum Gasteiger partial charge on any atom is -0.376 e. The summed E-state index contributed by atoms with van der Waals surface area (Å²) >= 11 is 5.02. The summed E-state index contributed by atoms with van der Waals surface area (Å²) in [7, 11) is 0.